The third-order valence-corrected chi connectivity index (χ3v) is 6.52. The molecule has 0 heterocycles. The van der Waals surface area contributed by atoms with Gasteiger partial charge in [0, 0.05) is 22.6 Å². The monoisotopic (exact) mass is 376 g/mol. The molecule has 0 aromatic rings. The lowest BCUT2D eigenvalue weighted by atomic mass is 10.2. The Kier molecular flexibility index (Phi) is 13.3. The maximum atomic E-state index is 6.89. The Morgan fingerprint density at radius 1 is 1.00 bits per heavy atom. The third-order valence-electron chi connectivity index (χ3n) is 3.09. The Morgan fingerprint density at radius 2 is 1.58 bits per heavy atom. The van der Waals surface area contributed by atoms with E-state index in [2.05, 4.69) is 58.2 Å². The van der Waals surface area contributed by atoms with Crippen molar-refractivity contribution in [3.63, 3.8) is 0 Å². The van der Waals surface area contributed by atoms with Crippen LogP contribution in [0.25, 0.3) is 4.85 Å². The van der Waals surface area contributed by atoms with Crippen LogP contribution in [-0.4, -0.2) is 53.7 Å². The van der Waals surface area contributed by atoms with E-state index in [1.165, 1.54) is 0 Å². The van der Waals surface area contributed by atoms with Crippen LogP contribution in [0.4, 0.5) is 0 Å². The molecule has 142 valence electrons. The van der Waals surface area contributed by atoms with Gasteiger partial charge in [0.2, 0.25) is 13.0 Å². The molecule has 6 heteroatoms. The summed E-state index contributed by atoms with van der Waals surface area (Å²) in [6.45, 7) is 23.7. The molecule has 1 unspecified atom stereocenters. The standard InChI is InChI=1S/C18H36N2O2S2/c1-15(2)20(16(3)4)17(22-13-11-19-8)21-12-9-10-14-23-24-18(5,6)7/h15-17H,9-14H2,1-7H3. The largest absolute Gasteiger partial charge is 0.340 e. The summed E-state index contributed by atoms with van der Waals surface area (Å²) < 4.78 is 12.1. The van der Waals surface area contributed by atoms with E-state index in [9.17, 15) is 0 Å². The molecule has 0 spiro atoms. The van der Waals surface area contributed by atoms with E-state index in [0.717, 1.165) is 18.6 Å². The number of hydrogen-bond acceptors (Lipinski definition) is 5. The summed E-state index contributed by atoms with van der Waals surface area (Å²) in [5, 5.41) is 0. The van der Waals surface area contributed by atoms with Crippen LogP contribution in [0.3, 0.4) is 0 Å². The Hall–Kier alpha value is 0.0700. The van der Waals surface area contributed by atoms with Gasteiger partial charge in [-0.1, -0.05) is 42.4 Å². The van der Waals surface area contributed by atoms with Crippen molar-refractivity contribution >= 4 is 21.6 Å². The zero-order valence-electron chi connectivity index (χ0n) is 16.5. The normalized spacial score (nSPS) is 13.7. The molecule has 0 saturated carbocycles. The molecule has 0 aliphatic heterocycles. The van der Waals surface area contributed by atoms with Crippen molar-refractivity contribution in [3.05, 3.63) is 11.4 Å². The fraction of sp³-hybridized carbons (Fsp3) is 0.944. The maximum Gasteiger partial charge on any atom is 0.237 e. The first kappa shape index (κ1) is 24.1. The highest BCUT2D eigenvalue weighted by atomic mass is 33.1. The van der Waals surface area contributed by atoms with E-state index in [0.29, 0.717) is 36.6 Å². The minimum atomic E-state index is -0.358. The van der Waals surface area contributed by atoms with Gasteiger partial charge < -0.3 is 14.3 Å². The van der Waals surface area contributed by atoms with Crippen molar-refractivity contribution in [3.8, 4) is 0 Å². The molecule has 0 aliphatic carbocycles. The van der Waals surface area contributed by atoms with Gasteiger partial charge in [-0.05, 0) is 40.5 Å². The number of ether oxygens (including phenoxy) is 2. The lowest BCUT2D eigenvalue weighted by molar-refractivity contribution is -0.239. The van der Waals surface area contributed by atoms with Gasteiger partial charge in [0.05, 0.1) is 6.61 Å². The summed E-state index contributed by atoms with van der Waals surface area (Å²) in [5.41, 5.74) is 0. The van der Waals surface area contributed by atoms with E-state index >= 15 is 0 Å². The van der Waals surface area contributed by atoms with Crippen LogP contribution in [-0.2, 0) is 9.47 Å². The molecule has 0 fully saturated rings. The van der Waals surface area contributed by atoms with Crippen molar-refractivity contribution in [2.24, 2.45) is 0 Å². The molecule has 0 aromatic carbocycles. The van der Waals surface area contributed by atoms with Crippen LogP contribution in [0.2, 0.25) is 0 Å². The molecule has 0 amide bonds. The third kappa shape index (κ3) is 12.4. The zero-order chi connectivity index (χ0) is 18.6. The van der Waals surface area contributed by atoms with E-state index in [1.54, 1.807) is 0 Å². The molecule has 0 saturated heterocycles. The second kappa shape index (κ2) is 13.3. The van der Waals surface area contributed by atoms with E-state index in [-0.39, 0.29) is 6.41 Å². The Morgan fingerprint density at radius 3 is 2.08 bits per heavy atom. The number of hydrogen-bond donors (Lipinski definition) is 0. The summed E-state index contributed by atoms with van der Waals surface area (Å²) >= 11 is 0. The molecule has 0 N–H and O–H groups in total. The Balaban J connectivity index is 4.19. The van der Waals surface area contributed by atoms with E-state index in [4.69, 9.17) is 16.0 Å². The van der Waals surface area contributed by atoms with Gasteiger partial charge in [-0.15, -0.1) is 0 Å². The molecule has 0 bridgehead atoms. The second-order valence-corrected chi connectivity index (χ2v) is 10.5. The summed E-state index contributed by atoms with van der Waals surface area (Å²) in [5.74, 6) is 1.15. The van der Waals surface area contributed by atoms with Crippen LogP contribution >= 0.6 is 21.6 Å². The van der Waals surface area contributed by atoms with Gasteiger partial charge in [0.25, 0.3) is 0 Å². The summed E-state index contributed by atoms with van der Waals surface area (Å²) in [4.78, 5) is 5.57. The number of nitrogens with zero attached hydrogens (tertiary/aromatic N) is 2. The van der Waals surface area contributed by atoms with Gasteiger partial charge >= 0.3 is 0 Å². The van der Waals surface area contributed by atoms with Gasteiger partial charge in [0.15, 0.2) is 0 Å². The fourth-order valence-electron chi connectivity index (χ4n) is 2.17. The van der Waals surface area contributed by atoms with E-state index in [1.807, 2.05) is 21.6 Å². The summed E-state index contributed by atoms with van der Waals surface area (Å²) in [7, 11) is 3.88. The first-order valence-corrected chi connectivity index (χ1v) is 11.2. The van der Waals surface area contributed by atoms with Crippen molar-refractivity contribution in [2.75, 3.05) is 25.5 Å². The second-order valence-electron chi connectivity index (χ2n) is 7.29. The fourth-order valence-corrected chi connectivity index (χ4v) is 4.59. The Labute approximate surface area is 157 Å². The van der Waals surface area contributed by atoms with Gasteiger partial charge in [-0.2, -0.15) is 0 Å². The minimum absolute atomic E-state index is 0.317. The first-order chi connectivity index (χ1) is 11.2. The highest BCUT2D eigenvalue weighted by Gasteiger charge is 2.25. The molecule has 0 aliphatic rings. The average Bonchev–Trinajstić information content (AvgIpc) is 2.44. The average molecular weight is 377 g/mol. The SMILES string of the molecule is [C-]#[N+]CCOC(OCCCCSSC(C)(C)C)N(C(C)C)C(C)C. The first-order valence-electron chi connectivity index (χ1n) is 8.83. The molecule has 4 nitrogen and oxygen atoms in total. The van der Waals surface area contributed by atoms with Crippen LogP contribution in [0.1, 0.15) is 61.3 Å². The molecule has 0 aromatic heterocycles. The maximum absolute atomic E-state index is 6.89. The molecule has 24 heavy (non-hydrogen) atoms. The Bertz CT molecular complexity index is 344. The molecular formula is C18H36N2O2S2. The van der Waals surface area contributed by atoms with Crippen molar-refractivity contribution in [2.45, 2.75) is 84.6 Å². The summed E-state index contributed by atoms with van der Waals surface area (Å²) in [6, 6.07) is 0.670. The minimum Gasteiger partial charge on any atom is -0.340 e. The van der Waals surface area contributed by atoms with Crippen LogP contribution < -0.4 is 0 Å². The van der Waals surface area contributed by atoms with E-state index < -0.39 is 0 Å². The number of rotatable bonds is 13. The molecular weight excluding hydrogens is 340 g/mol. The van der Waals surface area contributed by atoms with Crippen molar-refractivity contribution in [1.29, 1.82) is 0 Å². The van der Waals surface area contributed by atoms with Gasteiger partial charge in [0.1, 0.15) is 6.61 Å². The zero-order valence-corrected chi connectivity index (χ0v) is 18.1. The summed E-state index contributed by atoms with van der Waals surface area (Å²) in [6.07, 6.45) is 1.82. The van der Waals surface area contributed by atoms with Crippen molar-refractivity contribution < 1.29 is 9.47 Å². The highest BCUT2D eigenvalue weighted by molar-refractivity contribution is 8.77. The lowest BCUT2D eigenvalue weighted by Crippen LogP contribution is -2.48. The predicted molar refractivity (Wildman–Crippen MR) is 108 cm³/mol. The predicted octanol–water partition coefficient (Wildman–Crippen LogP) is 5.30. The van der Waals surface area contributed by atoms with Crippen LogP contribution in [0, 0.1) is 6.57 Å². The lowest BCUT2D eigenvalue weighted by Gasteiger charge is -2.36. The van der Waals surface area contributed by atoms with Gasteiger partial charge in [-0.25, -0.2) is 6.57 Å². The molecule has 0 rings (SSSR count). The molecule has 0 radical (unpaired) electrons. The van der Waals surface area contributed by atoms with Gasteiger partial charge in [-0.3, -0.25) is 4.90 Å². The van der Waals surface area contributed by atoms with Crippen molar-refractivity contribution in [1.82, 2.24) is 4.90 Å². The smallest absolute Gasteiger partial charge is 0.237 e. The number of unbranched alkanes of at least 4 members (excludes halogenated alkanes) is 1. The molecule has 1 atom stereocenters. The quantitative estimate of drug-likeness (QED) is 0.188. The van der Waals surface area contributed by atoms with Crippen LogP contribution in [0.5, 0.6) is 0 Å². The van der Waals surface area contributed by atoms with Crippen LogP contribution in [0.15, 0.2) is 0 Å². The topological polar surface area (TPSA) is 26.1 Å². The highest BCUT2D eigenvalue weighted by Crippen LogP contribution is 2.35.